The van der Waals surface area contributed by atoms with Gasteiger partial charge in [-0.2, -0.15) is 5.26 Å². The number of hydrogen-bond donors (Lipinski definition) is 1. The number of hydrogen-bond acceptors (Lipinski definition) is 5. The Balaban J connectivity index is 2.11. The first-order valence-corrected chi connectivity index (χ1v) is 4.83. The highest BCUT2D eigenvalue weighted by atomic mass is 16.7. The molecule has 0 amide bonds. The second-order valence-electron chi connectivity index (χ2n) is 3.81. The first kappa shape index (κ1) is 9.59. The zero-order valence-electron chi connectivity index (χ0n) is 8.18. The van der Waals surface area contributed by atoms with Gasteiger partial charge < -0.3 is 0 Å². The fourth-order valence-electron chi connectivity index (χ4n) is 1.88. The average molecular weight is 194 g/mol. The molecule has 1 fully saturated rings. The summed E-state index contributed by atoms with van der Waals surface area (Å²) >= 11 is 0. The van der Waals surface area contributed by atoms with E-state index in [1.807, 2.05) is 12.1 Å². The van der Waals surface area contributed by atoms with E-state index in [0.29, 0.717) is 5.92 Å². The number of aliphatic imine (C=N–C) groups is 1. The van der Waals surface area contributed by atoms with Gasteiger partial charge in [0.2, 0.25) is 0 Å². The molecule has 76 valence electrons. The zero-order valence-corrected chi connectivity index (χ0v) is 8.18. The molecule has 2 aliphatic rings. The van der Waals surface area contributed by atoms with E-state index in [2.05, 4.69) is 16.7 Å². The van der Waals surface area contributed by atoms with E-state index in [9.17, 15) is 0 Å². The number of hydrazine groups is 1. The van der Waals surface area contributed by atoms with Crippen molar-refractivity contribution in [3.05, 3.63) is 0 Å². The van der Waals surface area contributed by atoms with Crippen LogP contribution < -0.4 is 5.59 Å². The van der Waals surface area contributed by atoms with E-state index in [0.717, 1.165) is 19.5 Å². The molecule has 0 aliphatic carbocycles. The molecule has 2 rings (SSSR count). The topological polar surface area (TPSA) is 60.7 Å². The van der Waals surface area contributed by atoms with Crippen LogP contribution in [0.5, 0.6) is 0 Å². The van der Waals surface area contributed by atoms with E-state index >= 15 is 0 Å². The van der Waals surface area contributed by atoms with Gasteiger partial charge in [-0.05, 0) is 6.42 Å². The molecule has 3 unspecified atom stereocenters. The largest absolute Gasteiger partial charge is 0.296 e. The lowest BCUT2D eigenvalue weighted by Crippen LogP contribution is -2.40. The molecule has 1 saturated heterocycles. The van der Waals surface area contributed by atoms with Crippen molar-refractivity contribution in [1.82, 2.24) is 10.6 Å². The first-order chi connectivity index (χ1) is 6.81. The third-order valence-electron chi connectivity index (χ3n) is 2.75. The highest BCUT2D eigenvalue weighted by molar-refractivity contribution is 5.66. The van der Waals surface area contributed by atoms with Gasteiger partial charge in [0.05, 0.1) is 6.07 Å². The van der Waals surface area contributed by atoms with Gasteiger partial charge in [-0.25, -0.2) is 5.01 Å². The lowest BCUT2D eigenvalue weighted by atomic mass is 9.88. The summed E-state index contributed by atoms with van der Waals surface area (Å²) in [6.45, 7) is 1.70. The number of rotatable bonds is 0. The van der Waals surface area contributed by atoms with Gasteiger partial charge in [0.1, 0.15) is 12.0 Å². The summed E-state index contributed by atoms with van der Waals surface area (Å²) in [5, 5.41) is 10.8. The van der Waals surface area contributed by atoms with Gasteiger partial charge in [0, 0.05) is 32.3 Å². The van der Waals surface area contributed by atoms with Crippen LogP contribution in [-0.2, 0) is 4.84 Å². The average Bonchev–Trinajstić information content (AvgIpc) is 2.41. The van der Waals surface area contributed by atoms with Crippen molar-refractivity contribution < 1.29 is 4.84 Å². The van der Waals surface area contributed by atoms with Crippen LogP contribution in [0.3, 0.4) is 0 Å². The minimum Gasteiger partial charge on any atom is -0.296 e. The Labute approximate surface area is 83.3 Å². The van der Waals surface area contributed by atoms with Crippen molar-refractivity contribution in [2.75, 3.05) is 20.1 Å². The number of fused-ring (bicyclic) bond motifs is 1. The summed E-state index contributed by atoms with van der Waals surface area (Å²) in [4.78, 5) is 9.69. The summed E-state index contributed by atoms with van der Waals surface area (Å²) in [6, 6.07) is 2.21. The Morgan fingerprint density at radius 1 is 1.71 bits per heavy atom. The van der Waals surface area contributed by atoms with Crippen molar-refractivity contribution in [2.24, 2.45) is 16.8 Å². The minimum absolute atomic E-state index is 0.0533. The molecular formula is C9H14N4O. The molecule has 5 nitrogen and oxygen atoms in total. The SMILES string of the molecule is CN1CCC2CN=CC(C#N)C2ON1. The molecule has 14 heavy (non-hydrogen) atoms. The van der Waals surface area contributed by atoms with Crippen LogP contribution in [0.25, 0.3) is 0 Å². The maximum atomic E-state index is 8.93. The quantitative estimate of drug-likeness (QED) is 0.588. The third-order valence-corrected chi connectivity index (χ3v) is 2.75. The lowest BCUT2D eigenvalue weighted by Gasteiger charge is -2.27. The Morgan fingerprint density at radius 2 is 2.57 bits per heavy atom. The second kappa shape index (κ2) is 4.05. The Hall–Kier alpha value is -0.960. The summed E-state index contributed by atoms with van der Waals surface area (Å²) in [5.74, 6) is 0.148. The summed E-state index contributed by atoms with van der Waals surface area (Å²) in [7, 11) is 1.93. The first-order valence-electron chi connectivity index (χ1n) is 4.83. The molecule has 0 aromatic heterocycles. The van der Waals surface area contributed by atoms with E-state index in [1.165, 1.54) is 0 Å². The molecule has 5 heteroatoms. The van der Waals surface area contributed by atoms with E-state index < -0.39 is 0 Å². The van der Waals surface area contributed by atoms with Crippen LogP contribution >= 0.6 is 0 Å². The fraction of sp³-hybridized carbons (Fsp3) is 0.778. The molecule has 0 aromatic carbocycles. The minimum atomic E-state index is -0.215. The smallest absolute Gasteiger partial charge is 0.110 e. The number of nitrogens with zero attached hydrogens (tertiary/aromatic N) is 3. The number of nitriles is 1. The van der Waals surface area contributed by atoms with Crippen LogP contribution in [0.2, 0.25) is 0 Å². The molecule has 2 heterocycles. The molecule has 1 N–H and O–H groups in total. The predicted octanol–water partition coefficient (Wildman–Crippen LogP) is -0.0329. The number of nitrogens with one attached hydrogen (secondary N) is 1. The van der Waals surface area contributed by atoms with Crippen LogP contribution in [0.1, 0.15) is 6.42 Å². The Bertz CT molecular complexity index is 272. The molecule has 0 aromatic rings. The fourth-order valence-corrected chi connectivity index (χ4v) is 1.88. The van der Waals surface area contributed by atoms with E-state index in [1.54, 1.807) is 6.21 Å². The van der Waals surface area contributed by atoms with Crippen molar-refractivity contribution in [3.8, 4) is 6.07 Å². The molecule has 3 atom stereocenters. The van der Waals surface area contributed by atoms with Crippen LogP contribution in [0.15, 0.2) is 4.99 Å². The van der Waals surface area contributed by atoms with Gasteiger partial charge in [0.15, 0.2) is 0 Å². The Morgan fingerprint density at radius 3 is 3.36 bits per heavy atom. The summed E-state index contributed by atoms with van der Waals surface area (Å²) in [5.41, 5.74) is 2.83. The van der Waals surface area contributed by atoms with Crippen molar-refractivity contribution in [2.45, 2.75) is 12.5 Å². The monoisotopic (exact) mass is 194 g/mol. The Kier molecular flexibility index (Phi) is 2.77. The maximum absolute atomic E-state index is 8.93. The van der Waals surface area contributed by atoms with Gasteiger partial charge >= 0.3 is 0 Å². The molecule has 0 spiro atoms. The van der Waals surface area contributed by atoms with Crippen LogP contribution in [0.4, 0.5) is 0 Å². The molecule has 0 bridgehead atoms. The highest BCUT2D eigenvalue weighted by Crippen LogP contribution is 2.24. The summed E-state index contributed by atoms with van der Waals surface area (Å²) < 4.78 is 0. The predicted molar refractivity (Wildman–Crippen MR) is 51.2 cm³/mol. The lowest BCUT2D eigenvalue weighted by molar-refractivity contribution is -0.115. The normalized spacial score (nSPS) is 38.4. The standard InChI is InChI=1S/C9H14N4O/c1-13-3-2-7-5-11-6-8(4-10)9(7)14-12-13/h6-9,12H,2-3,5H2,1H3. The van der Waals surface area contributed by atoms with Gasteiger partial charge in [-0.1, -0.05) is 0 Å². The van der Waals surface area contributed by atoms with Crippen LogP contribution in [0, 0.1) is 23.2 Å². The molecule has 0 radical (unpaired) electrons. The highest BCUT2D eigenvalue weighted by Gasteiger charge is 2.34. The van der Waals surface area contributed by atoms with Crippen LogP contribution in [-0.4, -0.2) is 37.5 Å². The van der Waals surface area contributed by atoms with Crippen molar-refractivity contribution in [3.63, 3.8) is 0 Å². The van der Waals surface area contributed by atoms with E-state index in [-0.39, 0.29) is 12.0 Å². The second-order valence-corrected chi connectivity index (χ2v) is 3.81. The van der Waals surface area contributed by atoms with Crippen molar-refractivity contribution in [1.29, 1.82) is 5.26 Å². The maximum Gasteiger partial charge on any atom is 0.110 e. The van der Waals surface area contributed by atoms with Gasteiger partial charge in [-0.3, -0.25) is 9.83 Å². The molecular weight excluding hydrogens is 180 g/mol. The molecule has 2 aliphatic heterocycles. The van der Waals surface area contributed by atoms with Gasteiger partial charge in [-0.15, -0.1) is 5.59 Å². The molecule has 0 saturated carbocycles. The summed E-state index contributed by atoms with van der Waals surface area (Å²) in [6.07, 6.45) is 2.67. The third kappa shape index (κ3) is 1.77. The van der Waals surface area contributed by atoms with Gasteiger partial charge in [0.25, 0.3) is 0 Å². The zero-order chi connectivity index (χ0) is 9.97. The van der Waals surface area contributed by atoms with E-state index in [4.69, 9.17) is 10.1 Å². The van der Waals surface area contributed by atoms with Crippen molar-refractivity contribution >= 4 is 6.21 Å².